The van der Waals surface area contributed by atoms with E-state index in [0.717, 1.165) is 12.8 Å². The maximum absolute atomic E-state index is 11.8. The zero-order valence-corrected chi connectivity index (χ0v) is 11.3. The number of carbonyl (C=O) groups is 1. The minimum atomic E-state index is -0.307. The molecule has 20 heavy (non-hydrogen) atoms. The van der Waals surface area contributed by atoms with E-state index in [4.69, 9.17) is 11.2 Å². The average molecular weight is 267 g/mol. The summed E-state index contributed by atoms with van der Waals surface area (Å²) in [6.07, 6.45) is 6.97. The van der Waals surface area contributed by atoms with Crippen molar-refractivity contribution in [3.05, 3.63) is 35.9 Å². The van der Waals surface area contributed by atoms with Crippen molar-refractivity contribution in [3.63, 3.8) is 0 Å². The minimum absolute atomic E-state index is 0.00111. The van der Waals surface area contributed by atoms with E-state index in [1.807, 2.05) is 30.3 Å². The molecule has 1 aromatic carbocycles. The van der Waals surface area contributed by atoms with E-state index >= 15 is 0 Å². The van der Waals surface area contributed by atoms with Crippen molar-refractivity contribution >= 4 is 5.91 Å². The molecule has 3 heteroatoms. The minimum Gasteiger partial charge on any atom is -0.359 e. The Labute approximate surface area is 119 Å². The molecule has 102 valence electrons. The molecule has 1 saturated heterocycles. The van der Waals surface area contributed by atoms with Gasteiger partial charge < -0.3 is 10.1 Å². The Morgan fingerprint density at radius 3 is 2.90 bits per heavy atom. The lowest BCUT2D eigenvalue weighted by atomic mass is 10.1. The fraction of sp³-hybridized carbons (Fsp3) is 0.353. The fourth-order valence-corrected chi connectivity index (χ4v) is 2.00. The van der Waals surface area contributed by atoms with Crippen molar-refractivity contribution in [2.24, 2.45) is 0 Å². The molecule has 1 heterocycles. The molecule has 3 nitrogen and oxygen atoms in total. The number of hydrogen-bond donors (Lipinski definition) is 1. The van der Waals surface area contributed by atoms with Crippen LogP contribution in [-0.2, 0) is 16.0 Å². The van der Waals surface area contributed by atoms with E-state index in [1.165, 1.54) is 5.56 Å². The highest BCUT2D eigenvalue weighted by Crippen LogP contribution is 2.26. The molecular formula is C17H17NO2. The highest BCUT2D eigenvalue weighted by Gasteiger charge is 2.43. The van der Waals surface area contributed by atoms with Crippen LogP contribution in [0.25, 0.3) is 0 Å². The number of nitrogens with one attached hydrogen (secondary N) is 1. The normalized spacial score (nSPS) is 19.4. The Morgan fingerprint density at radius 1 is 1.35 bits per heavy atom. The Hall–Kier alpha value is -2.23. The molecule has 1 aliphatic heterocycles. The molecule has 0 saturated carbocycles. The van der Waals surface area contributed by atoms with Crippen LogP contribution in [0.2, 0.25) is 0 Å². The molecule has 1 N–H and O–H groups in total. The van der Waals surface area contributed by atoms with Crippen LogP contribution in [-0.4, -0.2) is 24.7 Å². The van der Waals surface area contributed by atoms with E-state index in [2.05, 4.69) is 23.1 Å². The fourth-order valence-electron chi connectivity index (χ4n) is 2.00. The van der Waals surface area contributed by atoms with Crippen molar-refractivity contribution in [2.75, 3.05) is 6.54 Å². The van der Waals surface area contributed by atoms with Crippen LogP contribution in [0.1, 0.15) is 18.4 Å². The van der Waals surface area contributed by atoms with Gasteiger partial charge in [-0.2, -0.15) is 0 Å². The van der Waals surface area contributed by atoms with Crippen molar-refractivity contribution in [1.29, 1.82) is 0 Å². The van der Waals surface area contributed by atoms with Gasteiger partial charge in [0.2, 0.25) is 0 Å². The van der Waals surface area contributed by atoms with E-state index in [1.54, 1.807) is 0 Å². The first kappa shape index (κ1) is 14.2. The van der Waals surface area contributed by atoms with Gasteiger partial charge in [-0.15, -0.1) is 6.42 Å². The number of rotatable bonds is 6. The molecule has 2 unspecified atom stereocenters. The van der Waals surface area contributed by atoms with Crippen LogP contribution in [0.5, 0.6) is 0 Å². The first-order valence-electron chi connectivity index (χ1n) is 6.72. The second-order valence-corrected chi connectivity index (χ2v) is 4.61. The smallest absolute Gasteiger partial charge is 0.251 e. The van der Waals surface area contributed by atoms with E-state index in [-0.39, 0.29) is 18.1 Å². The standard InChI is InChI=1S/C17H17NO2/c1-2-3-4-8-11-15-16(20-15)17(19)18-13-12-14-9-6-5-7-10-14/h1,5-7,9-10,15-16H,8,11-13H2,(H,18,19). The van der Waals surface area contributed by atoms with Crippen LogP contribution in [0, 0.1) is 24.2 Å². The lowest BCUT2D eigenvalue weighted by Crippen LogP contribution is -2.30. The van der Waals surface area contributed by atoms with Gasteiger partial charge in [0.25, 0.3) is 5.91 Å². The molecule has 1 fully saturated rings. The molecule has 0 radical (unpaired) electrons. The van der Waals surface area contributed by atoms with E-state index in [9.17, 15) is 4.79 Å². The van der Waals surface area contributed by atoms with Gasteiger partial charge in [-0.25, -0.2) is 0 Å². The summed E-state index contributed by atoms with van der Waals surface area (Å²) in [6.45, 7) is 0.631. The Balaban J connectivity index is 1.61. The predicted octanol–water partition coefficient (Wildman–Crippen LogP) is 1.53. The van der Waals surface area contributed by atoms with Crippen molar-refractivity contribution < 1.29 is 9.53 Å². The van der Waals surface area contributed by atoms with Crippen molar-refractivity contribution in [1.82, 2.24) is 5.32 Å². The molecule has 0 bridgehead atoms. The third-order valence-corrected chi connectivity index (χ3v) is 3.11. The zero-order chi connectivity index (χ0) is 14.2. The maximum atomic E-state index is 11.8. The Kier molecular flexibility index (Phi) is 5.24. The van der Waals surface area contributed by atoms with Crippen LogP contribution in [0.15, 0.2) is 30.3 Å². The van der Waals surface area contributed by atoms with Crippen LogP contribution < -0.4 is 5.32 Å². The lowest BCUT2D eigenvalue weighted by Gasteiger charge is -2.03. The third kappa shape index (κ3) is 4.46. The van der Waals surface area contributed by atoms with Crippen LogP contribution in [0.4, 0.5) is 0 Å². The topological polar surface area (TPSA) is 41.6 Å². The summed E-state index contributed by atoms with van der Waals surface area (Å²) < 4.78 is 5.33. The second kappa shape index (κ2) is 7.38. The van der Waals surface area contributed by atoms with Crippen LogP contribution >= 0.6 is 0 Å². The summed E-state index contributed by atoms with van der Waals surface area (Å²) in [5.41, 5.74) is 1.21. The number of carbonyl (C=O) groups excluding carboxylic acids is 1. The number of amides is 1. The van der Waals surface area contributed by atoms with Gasteiger partial charge >= 0.3 is 0 Å². The number of terminal acetylenes is 1. The molecule has 2 atom stereocenters. The van der Waals surface area contributed by atoms with E-state index < -0.39 is 0 Å². The molecular weight excluding hydrogens is 250 g/mol. The number of hydrogen-bond acceptors (Lipinski definition) is 2. The molecule has 0 aliphatic carbocycles. The van der Waals surface area contributed by atoms with Gasteiger partial charge in [-0.05, 0) is 30.2 Å². The van der Waals surface area contributed by atoms with Gasteiger partial charge in [0, 0.05) is 13.0 Å². The van der Waals surface area contributed by atoms with Gasteiger partial charge in [0.1, 0.15) is 0 Å². The average Bonchev–Trinajstić information content (AvgIpc) is 3.24. The molecule has 2 rings (SSSR count). The first-order valence-corrected chi connectivity index (χ1v) is 6.72. The highest BCUT2D eigenvalue weighted by atomic mass is 16.6. The van der Waals surface area contributed by atoms with Gasteiger partial charge in [0.05, 0.1) is 6.10 Å². The summed E-state index contributed by atoms with van der Waals surface area (Å²) in [5, 5.41) is 2.89. The molecule has 1 amide bonds. The monoisotopic (exact) mass is 267 g/mol. The second-order valence-electron chi connectivity index (χ2n) is 4.61. The summed E-state index contributed by atoms with van der Waals surface area (Å²) in [7, 11) is 0. The highest BCUT2D eigenvalue weighted by molar-refractivity contribution is 5.83. The van der Waals surface area contributed by atoms with Crippen molar-refractivity contribution in [3.8, 4) is 24.2 Å². The van der Waals surface area contributed by atoms with E-state index in [0.29, 0.717) is 13.0 Å². The van der Waals surface area contributed by atoms with Gasteiger partial charge in [-0.3, -0.25) is 4.79 Å². The quantitative estimate of drug-likeness (QED) is 0.627. The predicted molar refractivity (Wildman–Crippen MR) is 77.7 cm³/mol. The SMILES string of the molecule is C#CC#CCCC1OC1C(=O)NCCc1ccccc1. The summed E-state index contributed by atoms with van der Waals surface area (Å²) in [5.74, 6) is 7.61. The third-order valence-electron chi connectivity index (χ3n) is 3.11. The van der Waals surface area contributed by atoms with Gasteiger partial charge in [0.15, 0.2) is 6.10 Å². The molecule has 1 aromatic rings. The number of benzene rings is 1. The summed E-state index contributed by atoms with van der Waals surface area (Å²) >= 11 is 0. The Morgan fingerprint density at radius 2 is 2.15 bits per heavy atom. The van der Waals surface area contributed by atoms with Crippen LogP contribution in [0.3, 0.4) is 0 Å². The molecule has 0 aromatic heterocycles. The van der Waals surface area contributed by atoms with Crippen molar-refractivity contribution in [2.45, 2.75) is 31.5 Å². The van der Waals surface area contributed by atoms with Gasteiger partial charge in [-0.1, -0.05) is 36.3 Å². The first-order chi connectivity index (χ1) is 9.81. The molecule has 0 spiro atoms. The number of epoxide rings is 1. The zero-order valence-electron chi connectivity index (χ0n) is 11.3. The lowest BCUT2D eigenvalue weighted by molar-refractivity contribution is -0.122. The number of ether oxygens (including phenoxy) is 1. The largest absolute Gasteiger partial charge is 0.359 e. The summed E-state index contributed by atoms with van der Waals surface area (Å²) in [6, 6.07) is 10.1. The summed E-state index contributed by atoms with van der Waals surface area (Å²) in [4.78, 5) is 11.8. The molecule has 1 aliphatic rings. The Bertz CT molecular complexity index is 548. The maximum Gasteiger partial charge on any atom is 0.251 e.